The minimum Gasteiger partial charge on any atom is -0.448 e. The van der Waals surface area contributed by atoms with Gasteiger partial charge >= 0.3 is 6.09 Å². The van der Waals surface area contributed by atoms with Crippen LogP contribution in [0.2, 0.25) is 0 Å². The summed E-state index contributed by atoms with van der Waals surface area (Å²) in [7, 11) is 0. The number of ether oxygens (including phenoxy) is 1. The van der Waals surface area contributed by atoms with Crippen LogP contribution < -0.4 is 0 Å². The van der Waals surface area contributed by atoms with E-state index < -0.39 is 0 Å². The van der Waals surface area contributed by atoms with Crippen molar-refractivity contribution in [2.75, 3.05) is 13.2 Å². The van der Waals surface area contributed by atoms with E-state index in [0.717, 1.165) is 9.35 Å². The van der Waals surface area contributed by atoms with Gasteiger partial charge in [-0.25, -0.2) is 4.79 Å². The number of amides is 1. The highest BCUT2D eigenvalue weighted by atomic mass is 79.9. The third-order valence-corrected chi connectivity index (χ3v) is 3.39. The second kappa shape index (κ2) is 3.67. The van der Waals surface area contributed by atoms with Crippen LogP contribution in [0.4, 0.5) is 4.79 Å². The molecule has 0 spiro atoms. The van der Waals surface area contributed by atoms with Gasteiger partial charge in [-0.3, -0.25) is 0 Å². The van der Waals surface area contributed by atoms with Crippen LogP contribution >= 0.6 is 27.3 Å². The summed E-state index contributed by atoms with van der Waals surface area (Å²) in [6.45, 7) is 1.87. The number of halogens is 1. The molecule has 13 heavy (non-hydrogen) atoms. The lowest BCUT2D eigenvalue weighted by molar-refractivity contribution is 0.157. The van der Waals surface area contributed by atoms with Gasteiger partial charge in [0, 0.05) is 6.54 Å². The first-order valence-corrected chi connectivity index (χ1v) is 5.57. The number of thiophene rings is 1. The van der Waals surface area contributed by atoms with Gasteiger partial charge in [-0.05, 0) is 32.9 Å². The normalized spacial score (nSPS) is 16.4. The molecule has 1 aliphatic rings. The maximum atomic E-state index is 11.1. The summed E-state index contributed by atoms with van der Waals surface area (Å²) in [5, 5.41) is 2.04. The van der Waals surface area contributed by atoms with Crippen LogP contribution in [-0.2, 0) is 11.3 Å². The van der Waals surface area contributed by atoms with Crippen LogP contribution in [0.3, 0.4) is 0 Å². The zero-order valence-electron chi connectivity index (χ0n) is 6.83. The standard InChI is InChI=1S/C8H8BrNO2S/c9-7-3-6(5-13-7)4-10-1-2-12-8(10)11/h3,5H,1-2,4H2. The van der Waals surface area contributed by atoms with Crippen LogP contribution in [0, 0.1) is 0 Å². The molecule has 1 fully saturated rings. The summed E-state index contributed by atoms with van der Waals surface area (Å²) in [6, 6.07) is 2.02. The third kappa shape index (κ3) is 2.03. The fourth-order valence-corrected chi connectivity index (χ4v) is 2.42. The number of hydrogen-bond acceptors (Lipinski definition) is 3. The average Bonchev–Trinajstić information content (AvgIpc) is 2.64. The van der Waals surface area contributed by atoms with E-state index in [2.05, 4.69) is 15.9 Å². The molecule has 1 aromatic rings. The molecule has 0 saturated carbocycles. The van der Waals surface area contributed by atoms with Crippen molar-refractivity contribution in [1.82, 2.24) is 4.90 Å². The van der Waals surface area contributed by atoms with E-state index in [1.54, 1.807) is 16.2 Å². The number of cyclic esters (lactones) is 1. The lowest BCUT2D eigenvalue weighted by atomic mass is 10.3. The van der Waals surface area contributed by atoms with E-state index in [1.165, 1.54) is 0 Å². The molecule has 2 heterocycles. The highest BCUT2D eigenvalue weighted by Crippen LogP contribution is 2.22. The molecule has 2 rings (SSSR count). The molecule has 0 radical (unpaired) electrons. The monoisotopic (exact) mass is 261 g/mol. The Balaban J connectivity index is 2.01. The summed E-state index contributed by atoms with van der Waals surface area (Å²) in [5.41, 5.74) is 1.15. The molecule has 5 heteroatoms. The Labute approximate surface area is 88.4 Å². The quantitative estimate of drug-likeness (QED) is 0.819. The molecule has 0 bridgehead atoms. The molecule has 70 valence electrons. The van der Waals surface area contributed by atoms with Crippen molar-refractivity contribution in [2.45, 2.75) is 6.54 Å². The van der Waals surface area contributed by atoms with Gasteiger partial charge in [-0.1, -0.05) is 0 Å². The first-order chi connectivity index (χ1) is 6.25. The number of nitrogens with zero attached hydrogens (tertiary/aromatic N) is 1. The van der Waals surface area contributed by atoms with Crippen molar-refractivity contribution in [3.63, 3.8) is 0 Å². The fraction of sp³-hybridized carbons (Fsp3) is 0.375. The largest absolute Gasteiger partial charge is 0.448 e. The smallest absolute Gasteiger partial charge is 0.410 e. The van der Waals surface area contributed by atoms with Crippen molar-refractivity contribution < 1.29 is 9.53 Å². The van der Waals surface area contributed by atoms with Crippen LogP contribution in [-0.4, -0.2) is 24.1 Å². The second-order valence-electron chi connectivity index (χ2n) is 2.79. The fourth-order valence-electron chi connectivity index (χ4n) is 1.22. The summed E-state index contributed by atoms with van der Waals surface area (Å²) < 4.78 is 5.92. The van der Waals surface area contributed by atoms with E-state index in [9.17, 15) is 4.79 Å². The summed E-state index contributed by atoms with van der Waals surface area (Å²) >= 11 is 5.01. The number of rotatable bonds is 2. The lowest BCUT2D eigenvalue weighted by Gasteiger charge is -2.10. The third-order valence-electron chi connectivity index (χ3n) is 1.84. The molecular formula is C8H8BrNO2S. The molecule has 0 aromatic carbocycles. The van der Waals surface area contributed by atoms with Crippen LogP contribution in [0.15, 0.2) is 15.2 Å². The Bertz CT molecular complexity index is 326. The second-order valence-corrected chi connectivity index (χ2v) is 5.09. The molecule has 0 atom stereocenters. The number of hydrogen-bond donors (Lipinski definition) is 0. The predicted molar refractivity (Wildman–Crippen MR) is 53.8 cm³/mol. The zero-order chi connectivity index (χ0) is 9.26. The summed E-state index contributed by atoms with van der Waals surface area (Å²) in [5.74, 6) is 0. The van der Waals surface area contributed by atoms with Gasteiger partial charge in [-0.2, -0.15) is 0 Å². The highest BCUT2D eigenvalue weighted by Gasteiger charge is 2.21. The van der Waals surface area contributed by atoms with Crippen molar-refractivity contribution in [1.29, 1.82) is 0 Å². The van der Waals surface area contributed by atoms with Crippen LogP contribution in [0.5, 0.6) is 0 Å². The van der Waals surface area contributed by atoms with E-state index in [-0.39, 0.29) is 6.09 Å². The summed E-state index contributed by atoms with van der Waals surface area (Å²) in [6.07, 6.45) is -0.206. The minimum atomic E-state index is -0.206. The number of carbonyl (C=O) groups is 1. The predicted octanol–water partition coefficient (Wildman–Crippen LogP) is 2.46. The average molecular weight is 262 g/mol. The van der Waals surface area contributed by atoms with E-state index >= 15 is 0 Å². The molecule has 0 N–H and O–H groups in total. The van der Waals surface area contributed by atoms with E-state index in [4.69, 9.17) is 4.74 Å². The van der Waals surface area contributed by atoms with E-state index in [1.807, 2.05) is 11.4 Å². The Kier molecular flexibility index (Phi) is 2.55. The molecule has 1 aromatic heterocycles. The first kappa shape index (κ1) is 9.02. The van der Waals surface area contributed by atoms with Gasteiger partial charge in [0.15, 0.2) is 0 Å². The van der Waals surface area contributed by atoms with Crippen molar-refractivity contribution in [2.24, 2.45) is 0 Å². The molecule has 1 aliphatic heterocycles. The first-order valence-electron chi connectivity index (χ1n) is 3.90. The number of carbonyl (C=O) groups excluding carboxylic acids is 1. The molecule has 3 nitrogen and oxygen atoms in total. The maximum Gasteiger partial charge on any atom is 0.410 e. The lowest BCUT2D eigenvalue weighted by Crippen LogP contribution is -2.23. The van der Waals surface area contributed by atoms with Gasteiger partial charge in [-0.15, -0.1) is 11.3 Å². The van der Waals surface area contributed by atoms with Gasteiger partial charge in [0.25, 0.3) is 0 Å². The maximum absolute atomic E-state index is 11.1. The van der Waals surface area contributed by atoms with Crippen molar-refractivity contribution in [3.8, 4) is 0 Å². The van der Waals surface area contributed by atoms with Crippen molar-refractivity contribution in [3.05, 3.63) is 20.8 Å². The Morgan fingerprint density at radius 3 is 3.08 bits per heavy atom. The molecule has 1 amide bonds. The molecule has 1 saturated heterocycles. The van der Waals surface area contributed by atoms with Crippen molar-refractivity contribution >= 4 is 33.4 Å². The van der Waals surface area contributed by atoms with Gasteiger partial charge in [0.2, 0.25) is 0 Å². The minimum absolute atomic E-state index is 0.206. The Hall–Kier alpha value is -0.550. The van der Waals surface area contributed by atoms with Gasteiger partial charge < -0.3 is 9.64 Å². The van der Waals surface area contributed by atoms with Crippen LogP contribution in [0.1, 0.15) is 5.56 Å². The van der Waals surface area contributed by atoms with Crippen LogP contribution in [0.25, 0.3) is 0 Å². The van der Waals surface area contributed by atoms with E-state index in [0.29, 0.717) is 19.7 Å². The Morgan fingerprint density at radius 1 is 1.69 bits per heavy atom. The molecular weight excluding hydrogens is 254 g/mol. The van der Waals surface area contributed by atoms with Gasteiger partial charge in [0.1, 0.15) is 6.61 Å². The highest BCUT2D eigenvalue weighted by molar-refractivity contribution is 9.11. The zero-order valence-corrected chi connectivity index (χ0v) is 9.23. The topological polar surface area (TPSA) is 29.5 Å². The molecule has 0 unspecified atom stereocenters. The SMILES string of the molecule is O=C1OCCN1Cc1csc(Br)c1. The van der Waals surface area contributed by atoms with Gasteiger partial charge in [0.05, 0.1) is 10.3 Å². The Morgan fingerprint density at radius 2 is 2.54 bits per heavy atom. The molecule has 0 aliphatic carbocycles. The summed E-state index contributed by atoms with van der Waals surface area (Å²) in [4.78, 5) is 12.8.